The maximum Gasteiger partial charge on any atom is 0.0775 e. The van der Waals surface area contributed by atoms with Crippen LogP contribution in [0.5, 0.6) is 0 Å². The number of hydrogen-bond acceptors (Lipinski definition) is 1. The first kappa shape index (κ1) is 14.8. The Morgan fingerprint density at radius 3 is 2.00 bits per heavy atom. The quantitative estimate of drug-likeness (QED) is 0.754. The molecule has 0 amide bonds. The number of piperidine rings is 1. The van der Waals surface area contributed by atoms with Gasteiger partial charge in [-0.1, -0.05) is 55.5 Å². The Morgan fingerprint density at radius 2 is 1.53 bits per heavy atom. The molecule has 19 heavy (non-hydrogen) atoms. The minimum atomic E-state index is -1.15. The summed E-state index contributed by atoms with van der Waals surface area (Å²) in [4.78, 5) is 2.67. The van der Waals surface area contributed by atoms with E-state index in [1.807, 2.05) is 0 Å². The highest BCUT2D eigenvalue weighted by molar-refractivity contribution is 6.88. The minimum absolute atomic E-state index is 0.736. The van der Waals surface area contributed by atoms with Crippen molar-refractivity contribution in [2.75, 3.05) is 0 Å². The summed E-state index contributed by atoms with van der Waals surface area (Å²) < 4.78 is 0. The summed E-state index contributed by atoms with van der Waals surface area (Å²) >= 11 is 0. The van der Waals surface area contributed by atoms with Gasteiger partial charge in [0.25, 0.3) is 0 Å². The molecule has 2 rings (SSSR count). The zero-order chi connectivity index (χ0) is 14.0. The van der Waals surface area contributed by atoms with Crippen molar-refractivity contribution in [3.05, 3.63) is 29.8 Å². The van der Waals surface area contributed by atoms with Crippen LogP contribution >= 0.6 is 0 Å². The predicted octanol–water partition coefficient (Wildman–Crippen LogP) is 3.99. The molecule has 0 aromatic heterocycles. The summed E-state index contributed by atoms with van der Waals surface area (Å²) in [6, 6.07) is 10.9. The van der Waals surface area contributed by atoms with Crippen LogP contribution in [0.25, 0.3) is 0 Å². The van der Waals surface area contributed by atoms with Gasteiger partial charge >= 0.3 is 0 Å². The molecule has 1 aliphatic rings. The van der Waals surface area contributed by atoms with E-state index >= 15 is 0 Å². The average Bonchev–Trinajstić information content (AvgIpc) is 2.33. The molecule has 0 bridgehead atoms. The molecule has 0 aliphatic carbocycles. The minimum Gasteiger partial charge on any atom is -0.294 e. The molecule has 1 aliphatic heterocycles. The van der Waals surface area contributed by atoms with Crippen molar-refractivity contribution in [3.8, 4) is 0 Å². The number of likely N-dealkylation sites (tertiary alicyclic amines) is 1. The SMILES string of the molecule is C[C@@H]1CCC[C@H](C)N1Cc1ccc([Si](C)(C)C)cc1. The summed E-state index contributed by atoms with van der Waals surface area (Å²) in [6.07, 6.45) is 4.11. The van der Waals surface area contributed by atoms with Crippen molar-refractivity contribution in [1.29, 1.82) is 0 Å². The van der Waals surface area contributed by atoms with Crippen LogP contribution in [0.2, 0.25) is 19.6 Å². The molecule has 0 unspecified atom stereocenters. The lowest BCUT2D eigenvalue weighted by Crippen LogP contribution is -2.43. The predicted molar refractivity (Wildman–Crippen MR) is 87.7 cm³/mol. The van der Waals surface area contributed by atoms with Gasteiger partial charge in [0.05, 0.1) is 8.07 Å². The van der Waals surface area contributed by atoms with Gasteiger partial charge in [-0.05, 0) is 32.3 Å². The van der Waals surface area contributed by atoms with Crippen LogP contribution in [-0.2, 0) is 6.54 Å². The fourth-order valence-corrected chi connectivity index (χ4v) is 4.27. The van der Waals surface area contributed by atoms with E-state index in [0.29, 0.717) is 0 Å². The Bertz CT molecular complexity index is 394. The number of nitrogens with zero attached hydrogens (tertiary/aromatic N) is 1. The molecule has 1 nitrogen and oxygen atoms in total. The van der Waals surface area contributed by atoms with Gasteiger partial charge in [0.1, 0.15) is 0 Å². The van der Waals surface area contributed by atoms with Crippen molar-refractivity contribution in [1.82, 2.24) is 4.90 Å². The second kappa shape index (κ2) is 5.80. The molecule has 1 fully saturated rings. The Morgan fingerprint density at radius 1 is 1.00 bits per heavy atom. The van der Waals surface area contributed by atoms with Crippen LogP contribution in [0.4, 0.5) is 0 Å². The van der Waals surface area contributed by atoms with Crippen molar-refractivity contribution in [2.45, 2.75) is 71.4 Å². The van der Waals surface area contributed by atoms with Crippen LogP contribution in [-0.4, -0.2) is 25.1 Å². The summed E-state index contributed by atoms with van der Waals surface area (Å²) in [5.74, 6) is 0. The molecule has 2 heteroatoms. The monoisotopic (exact) mass is 275 g/mol. The first-order chi connectivity index (χ1) is 8.88. The largest absolute Gasteiger partial charge is 0.294 e. The first-order valence-corrected chi connectivity index (χ1v) is 11.2. The maximum absolute atomic E-state index is 2.67. The molecule has 106 valence electrons. The Hall–Kier alpha value is -0.603. The van der Waals surface area contributed by atoms with Crippen LogP contribution in [0, 0.1) is 0 Å². The van der Waals surface area contributed by atoms with Crippen molar-refractivity contribution < 1.29 is 0 Å². The van der Waals surface area contributed by atoms with E-state index in [2.05, 4.69) is 62.7 Å². The Labute approximate surface area is 120 Å². The molecular formula is C17H29NSi. The molecule has 0 saturated carbocycles. The standard InChI is InChI=1S/C17H29NSi/c1-14-7-6-8-15(2)18(14)13-16-9-11-17(12-10-16)19(3,4)5/h9-12,14-15H,6-8,13H2,1-5H3/t14-,15+. The molecule has 1 saturated heterocycles. The molecule has 2 atom stereocenters. The highest BCUT2D eigenvalue weighted by Crippen LogP contribution is 2.24. The van der Waals surface area contributed by atoms with Crippen molar-refractivity contribution >= 4 is 13.3 Å². The van der Waals surface area contributed by atoms with Gasteiger partial charge in [-0.3, -0.25) is 4.90 Å². The summed E-state index contributed by atoms with van der Waals surface area (Å²) in [6.45, 7) is 13.1. The second-order valence-corrected chi connectivity index (χ2v) is 12.3. The molecule has 1 aromatic rings. The van der Waals surface area contributed by atoms with E-state index in [1.54, 1.807) is 5.19 Å². The molecule has 0 spiro atoms. The van der Waals surface area contributed by atoms with Gasteiger partial charge in [0.15, 0.2) is 0 Å². The van der Waals surface area contributed by atoms with Crippen LogP contribution in [0.1, 0.15) is 38.7 Å². The first-order valence-electron chi connectivity index (χ1n) is 7.73. The average molecular weight is 276 g/mol. The summed E-state index contributed by atoms with van der Waals surface area (Å²) in [5, 5.41) is 1.57. The van der Waals surface area contributed by atoms with Gasteiger partial charge < -0.3 is 0 Å². The lowest BCUT2D eigenvalue weighted by Gasteiger charge is -2.39. The van der Waals surface area contributed by atoms with Crippen LogP contribution in [0.15, 0.2) is 24.3 Å². The lowest BCUT2D eigenvalue weighted by molar-refractivity contribution is 0.0953. The van der Waals surface area contributed by atoms with E-state index in [4.69, 9.17) is 0 Å². The van der Waals surface area contributed by atoms with Crippen molar-refractivity contribution in [2.24, 2.45) is 0 Å². The van der Waals surface area contributed by atoms with E-state index in [-0.39, 0.29) is 0 Å². The van der Waals surface area contributed by atoms with Crippen LogP contribution in [0.3, 0.4) is 0 Å². The highest BCUT2D eigenvalue weighted by Gasteiger charge is 2.24. The molecule has 1 aromatic carbocycles. The van der Waals surface area contributed by atoms with Gasteiger partial charge in [0, 0.05) is 18.6 Å². The third-order valence-electron chi connectivity index (χ3n) is 4.56. The van der Waals surface area contributed by atoms with Gasteiger partial charge in [0.2, 0.25) is 0 Å². The molecular weight excluding hydrogens is 246 g/mol. The highest BCUT2D eigenvalue weighted by atomic mass is 28.3. The Balaban J connectivity index is 2.07. The van der Waals surface area contributed by atoms with Gasteiger partial charge in [-0.25, -0.2) is 0 Å². The lowest BCUT2D eigenvalue weighted by atomic mass is 9.97. The maximum atomic E-state index is 2.67. The third kappa shape index (κ3) is 3.70. The Kier molecular flexibility index (Phi) is 4.52. The zero-order valence-electron chi connectivity index (χ0n) is 13.2. The summed E-state index contributed by atoms with van der Waals surface area (Å²) in [7, 11) is -1.15. The smallest absolute Gasteiger partial charge is 0.0775 e. The van der Waals surface area contributed by atoms with Crippen LogP contribution < -0.4 is 5.19 Å². The zero-order valence-corrected chi connectivity index (χ0v) is 14.2. The van der Waals surface area contributed by atoms with Crippen molar-refractivity contribution in [3.63, 3.8) is 0 Å². The van der Waals surface area contributed by atoms with Gasteiger partial charge in [-0.15, -0.1) is 0 Å². The topological polar surface area (TPSA) is 3.24 Å². The van der Waals surface area contributed by atoms with E-state index < -0.39 is 8.07 Å². The summed E-state index contributed by atoms with van der Waals surface area (Å²) in [5.41, 5.74) is 1.47. The fraction of sp³-hybridized carbons (Fsp3) is 0.647. The van der Waals surface area contributed by atoms with Gasteiger partial charge in [-0.2, -0.15) is 0 Å². The molecule has 1 heterocycles. The normalized spacial score (nSPS) is 25.5. The number of hydrogen-bond donors (Lipinski definition) is 0. The van der Waals surface area contributed by atoms with E-state index in [1.165, 1.54) is 24.8 Å². The molecule has 0 N–H and O–H groups in total. The number of benzene rings is 1. The van der Waals surface area contributed by atoms with E-state index in [9.17, 15) is 0 Å². The second-order valence-electron chi connectivity index (χ2n) is 7.25. The third-order valence-corrected chi connectivity index (χ3v) is 6.63. The molecule has 0 radical (unpaired) electrons. The fourth-order valence-electron chi connectivity index (χ4n) is 3.11. The van der Waals surface area contributed by atoms with E-state index in [0.717, 1.165) is 18.6 Å². The number of rotatable bonds is 3.